The van der Waals surface area contributed by atoms with Gasteiger partial charge in [-0.2, -0.15) is 0 Å². The third-order valence-electron chi connectivity index (χ3n) is 4.32. The molecule has 118 valence electrons. The number of anilines is 2. The van der Waals surface area contributed by atoms with Crippen LogP contribution in [0.15, 0.2) is 9.59 Å². The van der Waals surface area contributed by atoms with Gasteiger partial charge in [0.1, 0.15) is 11.5 Å². The minimum atomic E-state index is -0.393. The Balaban J connectivity index is 2.34. The zero-order chi connectivity index (χ0) is 15.6. The number of nitrogens with one attached hydrogen (secondary N) is 1. The van der Waals surface area contributed by atoms with E-state index in [4.69, 9.17) is 10.5 Å². The molecule has 0 aromatic carbocycles. The van der Waals surface area contributed by atoms with Gasteiger partial charge in [-0.1, -0.05) is 6.92 Å². The topological polar surface area (TPSA) is 91.3 Å². The number of methoxy groups -OCH3 is 1. The van der Waals surface area contributed by atoms with Crippen molar-refractivity contribution in [2.45, 2.75) is 44.8 Å². The first-order valence-electron chi connectivity index (χ1n) is 7.34. The fourth-order valence-electron chi connectivity index (χ4n) is 2.66. The van der Waals surface area contributed by atoms with Gasteiger partial charge in [0.05, 0.1) is 5.60 Å². The van der Waals surface area contributed by atoms with Crippen molar-refractivity contribution >= 4 is 11.5 Å². The van der Waals surface area contributed by atoms with Crippen molar-refractivity contribution in [3.63, 3.8) is 0 Å². The first-order valence-corrected chi connectivity index (χ1v) is 7.34. The summed E-state index contributed by atoms with van der Waals surface area (Å²) >= 11 is 0. The molecule has 7 heteroatoms. The van der Waals surface area contributed by atoms with Crippen LogP contribution in [0.4, 0.5) is 11.5 Å². The molecule has 0 atom stereocenters. The Hall–Kier alpha value is -1.76. The highest BCUT2D eigenvalue weighted by Gasteiger charge is 2.37. The van der Waals surface area contributed by atoms with E-state index >= 15 is 0 Å². The van der Waals surface area contributed by atoms with Crippen molar-refractivity contribution in [1.82, 2.24) is 9.13 Å². The molecule has 1 heterocycles. The Bertz CT molecular complexity index is 623. The predicted molar refractivity (Wildman–Crippen MR) is 82.7 cm³/mol. The van der Waals surface area contributed by atoms with Gasteiger partial charge in [-0.3, -0.25) is 13.9 Å². The molecule has 1 aliphatic rings. The second-order valence-corrected chi connectivity index (χ2v) is 5.65. The van der Waals surface area contributed by atoms with Gasteiger partial charge in [0.25, 0.3) is 5.56 Å². The summed E-state index contributed by atoms with van der Waals surface area (Å²) in [5.74, 6) is 0.204. The number of nitrogens with two attached hydrogens (primary N) is 1. The van der Waals surface area contributed by atoms with Gasteiger partial charge >= 0.3 is 5.69 Å². The van der Waals surface area contributed by atoms with Crippen LogP contribution in [0.2, 0.25) is 0 Å². The van der Waals surface area contributed by atoms with Crippen molar-refractivity contribution in [2.75, 3.05) is 24.7 Å². The summed E-state index contributed by atoms with van der Waals surface area (Å²) in [6.45, 7) is 2.97. The Kier molecular flexibility index (Phi) is 4.41. The van der Waals surface area contributed by atoms with Crippen molar-refractivity contribution in [2.24, 2.45) is 7.05 Å². The Labute approximate surface area is 123 Å². The van der Waals surface area contributed by atoms with Crippen molar-refractivity contribution in [3.05, 3.63) is 20.8 Å². The van der Waals surface area contributed by atoms with Gasteiger partial charge in [0.15, 0.2) is 0 Å². The second kappa shape index (κ2) is 5.93. The van der Waals surface area contributed by atoms with E-state index in [-0.39, 0.29) is 22.8 Å². The number of hydrogen-bond acceptors (Lipinski definition) is 5. The molecule has 0 saturated heterocycles. The lowest BCUT2D eigenvalue weighted by Crippen LogP contribution is -2.47. The number of nitrogen functional groups attached to an aromatic ring is 1. The van der Waals surface area contributed by atoms with Crippen LogP contribution in [0, 0.1) is 0 Å². The fraction of sp³-hybridized carbons (Fsp3) is 0.714. The standard InChI is InChI=1S/C14H24N4O3/c1-4-8-18-11(15)10(12(19)17(2)13(18)20)16-9-14(21-3)6-5-7-14/h16H,4-9,15H2,1-3H3. The fourth-order valence-corrected chi connectivity index (χ4v) is 2.66. The SMILES string of the molecule is CCCn1c(N)c(NCC2(OC)CCC2)c(=O)n(C)c1=O. The average molecular weight is 296 g/mol. The van der Waals surface area contributed by atoms with Crippen LogP contribution >= 0.6 is 0 Å². The predicted octanol–water partition coefficient (Wildman–Crippen LogP) is 0.520. The molecule has 0 bridgehead atoms. The molecule has 0 radical (unpaired) electrons. The summed E-state index contributed by atoms with van der Waals surface area (Å²) in [5, 5.41) is 3.10. The van der Waals surface area contributed by atoms with Crippen LogP contribution in [0.3, 0.4) is 0 Å². The molecule has 0 amide bonds. The molecule has 2 rings (SSSR count). The lowest BCUT2D eigenvalue weighted by atomic mass is 9.80. The third-order valence-corrected chi connectivity index (χ3v) is 4.32. The average Bonchev–Trinajstić information content (AvgIpc) is 2.43. The maximum atomic E-state index is 12.2. The van der Waals surface area contributed by atoms with Gasteiger partial charge in [-0.05, 0) is 25.7 Å². The maximum Gasteiger partial charge on any atom is 0.332 e. The first-order chi connectivity index (χ1) is 9.95. The van der Waals surface area contributed by atoms with Crippen LogP contribution in [-0.4, -0.2) is 28.4 Å². The van der Waals surface area contributed by atoms with E-state index in [1.165, 1.54) is 11.6 Å². The smallest absolute Gasteiger partial charge is 0.332 e. The molecule has 1 aliphatic carbocycles. The molecule has 1 aromatic rings. The number of ether oxygens (including phenoxy) is 1. The minimum Gasteiger partial charge on any atom is -0.383 e. The van der Waals surface area contributed by atoms with Gasteiger partial charge in [-0.15, -0.1) is 0 Å². The summed E-state index contributed by atoms with van der Waals surface area (Å²) in [5.41, 5.74) is 5.31. The lowest BCUT2D eigenvalue weighted by molar-refractivity contribution is -0.0601. The van der Waals surface area contributed by atoms with E-state index in [1.807, 2.05) is 6.92 Å². The van der Waals surface area contributed by atoms with Crippen molar-refractivity contribution < 1.29 is 4.74 Å². The Morgan fingerprint density at radius 2 is 2.05 bits per heavy atom. The number of aromatic nitrogens is 2. The molecular weight excluding hydrogens is 272 g/mol. The molecule has 21 heavy (non-hydrogen) atoms. The van der Waals surface area contributed by atoms with Crippen LogP contribution in [-0.2, 0) is 18.3 Å². The molecule has 7 nitrogen and oxygen atoms in total. The van der Waals surface area contributed by atoms with Crippen LogP contribution < -0.4 is 22.3 Å². The third kappa shape index (κ3) is 2.70. The van der Waals surface area contributed by atoms with Crippen molar-refractivity contribution in [3.8, 4) is 0 Å². The van der Waals surface area contributed by atoms with Crippen LogP contribution in [0.5, 0.6) is 0 Å². The number of rotatable bonds is 6. The zero-order valence-corrected chi connectivity index (χ0v) is 12.9. The van der Waals surface area contributed by atoms with Gasteiger partial charge in [-0.25, -0.2) is 4.79 Å². The minimum absolute atomic E-state index is 0.204. The molecule has 3 N–H and O–H groups in total. The first kappa shape index (κ1) is 15.6. The quantitative estimate of drug-likeness (QED) is 0.798. The highest BCUT2D eigenvalue weighted by Crippen LogP contribution is 2.35. The summed E-state index contributed by atoms with van der Waals surface area (Å²) < 4.78 is 8.05. The Morgan fingerprint density at radius 3 is 2.52 bits per heavy atom. The molecular formula is C14H24N4O3. The highest BCUT2D eigenvalue weighted by molar-refractivity contribution is 5.60. The van der Waals surface area contributed by atoms with Crippen LogP contribution in [0.1, 0.15) is 32.6 Å². The van der Waals surface area contributed by atoms with E-state index < -0.39 is 5.56 Å². The summed E-state index contributed by atoms with van der Waals surface area (Å²) in [7, 11) is 3.15. The molecule has 0 unspecified atom stereocenters. The maximum absolute atomic E-state index is 12.2. The van der Waals surface area contributed by atoms with Gasteiger partial charge in [0.2, 0.25) is 0 Å². The van der Waals surface area contributed by atoms with E-state index in [0.717, 1.165) is 30.3 Å². The molecule has 1 aromatic heterocycles. The van der Waals surface area contributed by atoms with E-state index in [0.29, 0.717) is 13.1 Å². The zero-order valence-electron chi connectivity index (χ0n) is 12.9. The molecule has 1 saturated carbocycles. The second-order valence-electron chi connectivity index (χ2n) is 5.65. The van der Waals surface area contributed by atoms with E-state index in [2.05, 4.69) is 5.32 Å². The van der Waals surface area contributed by atoms with Crippen LogP contribution in [0.25, 0.3) is 0 Å². The molecule has 1 fully saturated rings. The van der Waals surface area contributed by atoms with Gasteiger partial charge in [0, 0.05) is 27.2 Å². The lowest BCUT2D eigenvalue weighted by Gasteiger charge is -2.40. The molecule has 0 aliphatic heterocycles. The number of nitrogens with zero attached hydrogens (tertiary/aromatic N) is 2. The highest BCUT2D eigenvalue weighted by atomic mass is 16.5. The Morgan fingerprint density at radius 1 is 1.38 bits per heavy atom. The van der Waals surface area contributed by atoms with E-state index in [9.17, 15) is 9.59 Å². The summed E-state index contributed by atoms with van der Waals surface area (Å²) in [6, 6.07) is 0. The van der Waals surface area contributed by atoms with Gasteiger partial charge < -0.3 is 15.8 Å². The summed E-state index contributed by atoms with van der Waals surface area (Å²) in [6.07, 6.45) is 3.82. The summed E-state index contributed by atoms with van der Waals surface area (Å²) in [4.78, 5) is 24.3. The normalized spacial score (nSPS) is 16.5. The monoisotopic (exact) mass is 296 g/mol. The van der Waals surface area contributed by atoms with Crippen molar-refractivity contribution in [1.29, 1.82) is 0 Å². The number of hydrogen-bond donors (Lipinski definition) is 2. The largest absolute Gasteiger partial charge is 0.383 e. The molecule has 0 spiro atoms. The van der Waals surface area contributed by atoms with E-state index in [1.54, 1.807) is 7.11 Å².